The van der Waals surface area contributed by atoms with Gasteiger partial charge in [-0.15, -0.1) is 0 Å². The summed E-state index contributed by atoms with van der Waals surface area (Å²) >= 11 is 3.48. The molecule has 16 heavy (non-hydrogen) atoms. The molecular weight excluding hydrogens is 268 g/mol. The van der Waals surface area contributed by atoms with E-state index in [-0.39, 0.29) is 5.60 Å². The van der Waals surface area contributed by atoms with E-state index in [0.29, 0.717) is 12.2 Å². The van der Waals surface area contributed by atoms with E-state index < -0.39 is 0 Å². The van der Waals surface area contributed by atoms with Crippen LogP contribution in [0.2, 0.25) is 0 Å². The Balaban J connectivity index is 1.76. The minimum absolute atomic E-state index is 0.0723. The highest BCUT2D eigenvalue weighted by atomic mass is 79.9. The number of ether oxygens (including phenoxy) is 2. The van der Waals surface area contributed by atoms with Crippen LogP contribution >= 0.6 is 15.9 Å². The van der Waals surface area contributed by atoms with E-state index in [1.165, 1.54) is 32.1 Å². The molecule has 2 rings (SSSR count). The van der Waals surface area contributed by atoms with Crippen molar-refractivity contribution in [3.05, 3.63) is 0 Å². The third-order valence-corrected chi connectivity index (χ3v) is 5.10. The lowest BCUT2D eigenvalue weighted by Crippen LogP contribution is -2.30. The standard InChI is InChI=1S/C13H23BrO2/c1-13(2,9-14)15-8-11-7-10-5-3-4-6-12(10)16-11/h10-12H,3-9H2,1-2H3. The first-order valence-corrected chi connectivity index (χ1v) is 7.58. The van der Waals surface area contributed by atoms with Gasteiger partial charge in [-0.1, -0.05) is 28.8 Å². The number of fused-ring (bicyclic) bond motifs is 1. The Morgan fingerprint density at radius 2 is 2.06 bits per heavy atom. The predicted octanol–water partition coefficient (Wildman–Crippen LogP) is 3.52. The van der Waals surface area contributed by atoms with Crippen molar-refractivity contribution in [2.45, 2.75) is 63.8 Å². The molecule has 0 aromatic heterocycles. The molecule has 0 spiro atoms. The summed E-state index contributed by atoms with van der Waals surface area (Å²) in [5.74, 6) is 0.814. The molecule has 3 unspecified atom stereocenters. The van der Waals surface area contributed by atoms with Crippen molar-refractivity contribution in [3.8, 4) is 0 Å². The summed E-state index contributed by atoms with van der Waals surface area (Å²) in [6.45, 7) is 4.99. The zero-order valence-corrected chi connectivity index (χ0v) is 12.0. The molecule has 1 aliphatic heterocycles. The molecule has 1 aliphatic carbocycles. The van der Waals surface area contributed by atoms with Gasteiger partial charge in [0.1, 0.15) is 0 Å². The summed E-state index contributed by atoms with van der Waals surface area (Å²) < 4.78 is 12.0. The van der Waals surface area contributed by atoms with Crippen molar-refractivity contribution in [2.75, 3.05) is 11.9 Å². The Hall–Kier alpha value is 0.400. The van der Waals surface area contributed by atoms with Crippen LogP contribution in [-0.2, 0) is 9.47 Å². The maximum absolute atomic E-state index is 6.06. The van der Waals surface area contributed by atoms with Gasteiger partial charge in [0.15, 0.2) is 0 Å². The Morgan fingerprint density at radius 3 is 2.75 bits per heavy atom. The van der Waals surface area contributed by atoms with Crippen LogP contribution in [0.1, 0.15) is 46.0 Å². The van der Waals surface area contributed by atoms with E-state index in [1.54, 1.807) is 0 Å². The van der Waals surface area contributed by atoms with Crippen LogP contribution in [0.5, 0.6) is 0 Å². The van der Waals surface area contributed by atoms with Gasteiger partial charge in [0.2, 0.25) is 0 Å². The van der Waals surface area contributed by atoms with E-state index >= 15 is 0 Å². The lowest BCUT2D eigenvalue weighted by atomic mass is 9.85. The summed E-state index contributed by atoms with van der Waals surface area (Å²) in [7, 11) is 0. The lowest BCUT2D eigenvalue weighted by Gasteiger charge is -2.25. The highest BCUT2D eigenvalue weighted by Crippen LogP contribution is 2.37. The average molecular weight is 291 g/mol. The summed E-state index contributed by atoms with van der Waals surface area (Å²) in [6.07, 6.45) is 7.46. The lowest BCUT2D eigenvalue weighted by molar-refractivity contribution is -0.0709. The first-order valence-electron chi connectivity index (χ1n) is 6.46. The molecule has 1 saturated heterocycles. The molecule has 2 nitrogen and oxygen atoms in total. The Bertz CT molecular complexity index is 216. The van der Waals surface area contributed by atoms with Crippen LogP contribution in [0.25, 0.3) is 0 Å². The Labute approximate surface area is 107 Å². The van der Waals surface area contributed by atoms with Gasteiger partial charge in [-0.2, -0.15) is 0 Å². The SMILES string of the molecule is CC(C)(CBr)OCC1CC2CCCCC2O1. The van der Waals surface area contributed by atoms with Crippen molar-refractivity contribution in [3.63, 3.8) is 0 Å². The van der Waals surface area contributed by atoms with Crippen LogP contribution < -0.4 is 0 Å². The van der Waals surface area contributed by atoms with Crippen molar-refractivity contribution in [1.29, 1.82) is 0 Å². The molecule has 2 aliphatic rings. The maximum atomic E-state index is 6.06. The fraction of sp³-hybridized carbons (Fsp3) is 1.00. The molecular formula is C13H23BrO2. The molecule has 0 radical (unpaired) electrons. The summed E-state index contributed by atoms with van der Waals surface area (Å²) in [4.78, 5) is 0. The molecule has 3 atom stereocenters. The number of hydrogen-bond acceptors (Lipinski definition) is 2. The molecule has 94 valence electrons. The summed E-state index contributed by atoms with van der Waals surface area (Å²) in [6, 6.07) is 0. The number of halogens is 1. The van der Waals surface area contributed by atoms with Crippen LogP contribution in [0.15, 0.2) is 0 Å². The highest BCUT2D eigenvalue weighted by molar-refractivity contribution is 9.09. The monoisotopic (exact) mass is 290 g/mol. The van der Waals surface area contributed by atoms with E-state index in [0.717, 1.165) is 17.9 Å². The first-order chi connectivity index (χ1) is 7.61. The van der Waals surface area contributed by atoms with Crippen LogP contribution in [0, 0.1) is 5.92 Å². The Morgan fingerprint density at radius 1 is 1.31 bits per heavy atom. The average Bonchev–Trinajstić information content (AvgIpc) is 2.69. The van der Waals surface area contributed by atoms with Gasteiger partial charge in [0.05, 0.1) is 24.4 Å². The molecule has 1 saturated carbocycles. The van der Waals surface area contributed by atoms with E-state index in [2.05, 4.69) is 29.8 Å². The molecule has 0 amide bonds. The summed E-state index contributed by atoms with van der Waals surface area (Å²) in [5, 5.41) is 0.875. The van der Waals surface area contributed by atoms with Crippen LogP contribution in [0.3, 0.4) is 0 Å². The van der Waals surface area contributed by atoms with Crippen molar-refractivity contribution in [1.82, 2.24) is 0 Å². The molecule has 2 fully saturated rings. The highest BCUT2D eigenvalue weighted by Gasteiger charge is 2.37. The zero-order valence-electron chi connectivity index (χ0n) is 10.4. The third-order valence-electron chi connectivity index (χ3n) is 3.75. The number of hydrogen-bond donors (Lipinski definition) is 0. The van der Waals surface area contributed by atoms with Crippen LogP contribution in [0.4, 0.5) is 0 Å². The molecule has 0 bridgehead atoms. The van der Waals surface area contributed by atoms with Gasteiger partial charge < -0.3 is 9.47 Å². The first kappa shape index (κ1) is 12.8. The van der Waals surface area contributed by atoms with E-state index in [4.69, 9.17) is 9.47 Å². The minimum Gasteiger partial charge on any atom is -0.372 e. The zero-order chi connectivity index (χ0) is 11.6. The van der Waals surface area contributed by atoms with Crippen molar-refractivity contribution >= 4 is 15.9 Å². The fourth-order valence-corrected chi connectivity index (χ4v) is 2.89. The topological polar surface area (TPSA) is 18.5 Å². The molecule has 0 aromatic rings. The minimum atomic E-state index is -0.0723. The van der Waals surface area contributed by atoms with Crippen LogP contribution in [-0.4, -0.2) is 29.7 Å². The largest absolute Gasteiger partial charge is 0.372 e. The van der Waals surface area contributed by atoms with Gasteiger partial charge in [0.25, 0.3) is 0 Å². The van der Waals surface area contributed by atoms with Crippen molar-refractivity contribution < 1.29 is 9.47 Å². The normalized spacial score (nSPS) is 35.1. The second kappa shape index (κ2) is 5.36. The van der Waals surface area contributed by atoms with Gasteiger partial charge in [-0.25, -0.2) is 0 Å². The van der Waals surface area contributed by atoms with Gasteiger partial charge in [0, 0.05) is 5.33 Å². The van der Waals surface area contributed by atoms with Crippen molar-refractivity contribution in [2.24, 2.45) is 5.92 Å². The van der Waals surface area contributed by atoms with E-state index in [1.807, 2.05) is 0 Å². The number of rotatable bonds is 4. The second-order valence-corrected chi connectivity index (χ2v) is 6.34. The van der Waals surface area contributed by atoms with Gasteiger partial charge in [-0.3, -0.25) is 0 Å². The summed E-state index contributed by atoms with van der Waals surface area (Å²) in [5.41, 5.74) is -0.0723. The second-order valence-electron chi connectivity index (χ2n) is 5.78. The predicted molar refractivity (Wildman–Crippen MR) is 69.1 cm³/mol. The smallest absolute Gasteiger partial charge is 0.0816 e. The number of alkyl halides is 1. The van der Waals surface area contributed by atoms with E-state index in [9.17, 15) is 0 Å². The third kappa shape index (κ3) is 3.21. The molecule has 0 aromatic carbocycles. The van der Waals surface area contributed by atoms with Gasteiger partial charge >= 0.3 is 0 Å². The molecule has 0 N–H and O–H groups in total. The van der Waals surface area contributed by atoms with Gasteiger partial charge in [-0.05, 0) is 39.0 Å². The Kier molecular flexibility index (Phi) is 4.31. The maximum Gasteiger partial charge on any atom is 0.0816 e. The molecule has 1 heterocycles. The molecule has 3 heteroatoms. The fourth-order valence-electron chi connectivity index (χ4n) is 2.73. The quantitative estimate of drug-likeness (QED) is 0.738.